The van der Waals surface area contributed by atoms with Crippen LogP contribution in [0.3, 0.4) is 0 Å². The molecule has 0 saturated carbocycles. The zero-order valence-electron chi connectivity index (χ0n) is 39.1. The quantitative estimate of drug-likeness (QED) is 0.0295. The molecule has 1 saturated heterocycles. The van der Waals surface area contributed by atoms with Gasteiger partial charge in [-0.25, -0.2) is 0 Å². The Balaban J connectivity index is 2.26. The van der Waals surface area contributed by atoms with Gasteiger partial charge in [-0.15, -0.1) is 0 Å². The first-order chi connectivity index (χ1) is 29.3. The Bertz CT molecular complexity index is 926. The summed E-state index contributed by atoms with van der Waals surface area (Å²) in [6.07, 6.45) is 32.2. The summed E-state index contributed by atoms with van der Waals surface area (Å²) in [6.45, 7) is 5.83. The molecule has 8 atom stereocenters. The van der Waals surface area contributed by atoms with Crippen molar-refractivity contribution < 1.29 is 44.9 Å². The molecule has 1 rings (SSSR count). The second-order valence-corrected chi connectivity index (χ2v) is 18.4. The van der Waals surface area contributed by atoms with E-state index in [1.807, 2.05) is 0 Å². The fourth-order valence-corrected chi connectivity index (χ4v) is 8.70. The number of aliphatic hydroxyl groups excluding tert-OH is 6. The Morgan fingerprint density at radius 2 is 0.900 bits per heavy atom. The third-order valence-electron chi connectivity index (χ3n) is 12.8. The molecule has 0 aromatic rings. The zero-order valence-corrected chi connectivity index (χ0v) is 39.1. The van der Waals surface area contributed by atoms with E-state index in [-0.39, 0.29) is 18.7 Å². The van der Waals surface area contributed by atoms with E-state index in [0.29, 0.717) is 12.8 Å². The number of aliphatic hydroxyl groups is 6. The van der Waals surface area contributed by atoms with Crippen LogP contribution in [0.4, 0.5) is 0 Å². The smallest absolute Gasteiger partial charge is 0.220 e. The molecule has 0 aromatic heterocycles. The maximum Gasteiger partial charge on any atom is 0.220 e. The highest BCUT2D eigenvalue weighted by molar-refractivity contribution is 5.76. The summed E-state index contributed by atoms with van der Waals surface area (Å²) in [5.41, 5.74) is 0. The van der Waals surface area contributed by atoms with E-state index in [4.69, 9.17) is 9.47 Å². The average Bonchev–Trinajstić information content (AvgIpc) is 3.25. The minimum Gasteiger partial charge on any atom is -0.394 e. The summed E-state index contributed by atoms with van der Waals surface area (Å²) in [4.78, 5) is 13.1. The highest BCUT2D eigenvalue weighted by Crippen LogP contribution is 2.26. The number of ether oxygens (including phenoxy) is 2. The summed E-state index contributed by atoms with van der Waals surface area (Å²) in [5, 5.41) is 65.8. The monoisotopic (exact) mass is 858 g/mol. The molecule has 10 nitrogen and oxygen atoms in total. The van der Waals surface area contributed by atoms with Crippen molar-refractivity contribution in [1.82, 2.24) is 5.32 Å². The van der Waals surface area contributed by atoms with Crippen LogP contribution in [0.25, 0.3) is 0 Å². The van der Waals surface area contributed by atoms with Crippen LogP contribution in [-0.4, -0.2) is 105 Å². The van der Waals surface area contributed by atoms with E-state index >= 15 is 0 Å². The molecule has 1 heterocycles. The number of rotatable bonds is 44. The van der Waals surface area contributed by atoms with Gasteiger partial charge in [0.25, 0.3) is 0 Å². The van der Waals surface area contributed by atoms with Gasteiger partial charge in [-0.05, 0) is 38.5 Å². The Kier molecular flexibility index (Phi) is 39.0. The zero-order chi connectivity index (χ0) is 43.9. The predicted octanol–water partition coefficient (Wildman–Crippen LogP) is 10.1. The van der Waals surface area contributed by atoms with Crippen LogP contribution in [-0.2, 0) is 14.3 Å². The molecule has 1 amide bonds. The highest BCUT2D eigenvalue weighted by atomic mass is 16.5. The second-order valence-electron chi connectivity index (χ2n) is 18.4. The largest absolute Gasteiger partial charge is 0.394 e. The fourth-order valence-electron chi connectivity index (χ4n) is 8.70. The second kappa shape index (κ2) is 40.9. The van der Waals surface area contributed by atoms with Crippen molar-refractivity contribution in [3.63, 3.8) is 0 Å². The number of carbonyl (C=O) groups is 1. The van der Waals surface area contributed by atoms with Crippen molar-refractivity contribution in [2.24, 2.45) is 0 Å². The molecule has 358 valence electrons. The van der Waals surface area contributed by atoms with Gasteiger partial charge in [0.1, 0.15) is 24.4 Å². The third-order valence-corrected chi connectivity index (χ3v) is 12.8. The molecule has 10 heteroatoms. The third kappa shape index (κ3) is 30.3. The number of carbonyl (C=O) groups excluding carboxylic acids is 1. The van der Waals surface area contributed by atoms with Gasteiger partial charge in [0.05, 0.1) is 31.0 Å². The molecule has 1 aliphatic heterocycles. The SMILES string of the molecule is CCCCCCCCCCCCCC[C@@H](O)[C@@H](O)[C@H](CC[C@H]1OC(CO)[C@H](O)C(O)C1O)NC(=O)CCCCCCCCCCCCCCCCCCCOCCCCC. The predicted molar refractivity (Wildman–Crippen MR) is 246 cm³/mol. The van der Waals surface area contributed by atoms with Gasteiger partial charge in [-0.3, -0.25) is 4.79 Å². The molecule has 1 fully saturated rings. The Labute approximate surface area is 368 Å². The van der Waals surface area contributed by atoms with Crippen molar-refractivity contribution in [2.45, 2.75) is 294 Å². The minimum atomic E-state index is -1.48. The molecule has 3 unspecified atom stereocenters. The van der Waals surface area contributed by atoms with Gasteiger partial charge in [0.2, 0.25) is 5.91 Å². The van der Waals surface area contributed by atoms with Crippen LogP contribution in [0.5, 0.6) is 0 Å². The van der Waals surface area contributed by atoms with Crippen LogP contribution in [0.15, 0.2) is 0 Å². The van der Waals surface area contributed by atoms with E-state index in [9.17, 15) is 35.4 Å². The molecule has 60 heavy (non-hydrogen) atoms. The number of unbranched alkanes of at least 4 members (excludes halogenated alkanes) is 29. The van der Waals surface area contributed by atoms with Gasteiger partial charge < -0.3 is 45.4 Å². The number of nitrogens with one attached hydrogen (secondary N) is 1. The molecule has 0 aromatic carbocycles. The first-order valence-corrected chi connectivity index (χ1v) is 25.8. The number of hydrogen-bond donors (Lipinski definition) is 7. The van der Waals surface area contributed by atoms with Gasteiger partial charge >= 0.3 is 0 Å². The topological polar surface area (TPSA) is 169 Å². The standard InChI is InChI=1S/C50H99NO9/c1-3-5-7-8-9-10-11-19-22-25-28-31-35-43(53)47(55)42(37-38-44-48(56)50(58)49(57)45(41-52)60-44)51-46(54)36-32-29-26-23-20-17-15-13-12-14-16-18-21-24-27-30-34-40-59-39-33-6-4-2/h42-45,47-50,52-53,55-58H,3-41H2,1-2H3,(H,51,54)/t42-,43+,44+,45?,47-,48?,49-,50?/m0/s1. The molecule has 0 aliphatic carbocycles. The van der Waals surface area contributed by atoms with Crippen LogP contribution < -0.4 is 5.32 Å². The molecule has 0 radical (unpaired) electrons. The first kappa shape index (κ1) is 57.2. The van der Waals surface area contributed by atoms with Gasteiger partial charge in [0.15, 0.2) is 0 Å². The maximum atomic E-state index is 13.1. The van der Waals surface area contributed by atoms with Crippen molar-refractivity contribution in [2.75, 3.05) is 19.8 Å². The van der Waals surface area contributed by atoms with E-state index in [1.54, 1.807) is 0 Å². The Morgan fingerprint density at radius 3 is 1.37 bits per heavy atom. The molecular weight excluding hydrogens is 759 g/mol. The van der Waals surface area contributed by atoms with Crippen LogP contribution >= 0.6 is 0 Å². The average molecular weight is 858 g/mol. The lowest BCUT2D eigenvalue weighted by Gasteiger charge is -2.40. The summed E-state index contributed by atoms with van der Waals surface area (Å²) in [7, 11) is 0. The minimum absolute atomic E-state index is 0.158. The van der Waals surface area contributed by atoms with Crippen LogP contribution in [0.2, 0.25) is 0 Å². The van der Waals surface area contributed by atoms with Gasteiger partial charge in [0, 0.05) is 19.6 Å². The molecule has 7 N–H and O–H groups in total. The normalized spacial score (nSPS) is 21.0. The van der Waals surface area contributed by atoms with E-state index in [2.05, 4.69) is 19.2 Å². The van der Waals surface area contributed by atoms with E-state index in [1.165, 1.54) is 167 Å². The van der Waals surface area contributed by atoms with E-state index in [0.717, 1.165) is 51.7 Å². The Morgan fingerprint density at radius 1 is 0.517 bits per heavy atom. The summed E-state index contributed by atoms with van der Waals surface area (Å²) < 4.78 is 11.4. The lowest BCUT2D eigenvalue weighted by molar-refractivity contribution is -0.231. The van der Waals surface area contributed by atoms with Crippen LogP contribution in [0, 0.1) is 0 Å². The molecule has 0 spiro atoms. The van der Waals surface area contributed by atoms with E-state index < -0.39 is 55.4 Å². The summed E-state index contributed by atoms with van der Waals surface area (Å²) in [6, 6.07) is -0.766. The van der Waals surface area contributed by atoms with Gasteiger partial charge in [-0.1, -0.05) is 200 Å². The number of amides is 1. The van der Waals surface area contributed by atoms with Crippen molar-refractivity contribution in [1.29, 1.82) is 0 Å². The van der Waals surface area contributed by atoms with Crippen molar-refractivity contribution in [3.05, 3.63) is 0 Å². The maximum absolute atomic E-state index is 13.1. The molecule has 0 bridgehead atoms. The van der Waals surface area contributed by atoms with Gasteiger partial charge in [-0.2, -0.15) is 0 Å². The summed E-state index contributed by atoms with van der Waals surface area (Å²) >= 11 is 0. The highest BCUT2D eigenvalue weighted by Gasteiger charge is 2.43. The fraction of sp³-hybridized carbons (Fsp3) is 0.980. The first-order valence-electron chi connectivity index (χ1n) is 25.8. The molecule has 1 aliphatic rings. The summed E-state index contributed by atoms with van der Waals surface area (Å²) in [5.74, 6) is -0.177. The Hall–Kier alpha value is -0.850. The number of hydrogen-bond acceptors (Lipinski definition) is 9. The lowest BCUT2D eigenvalue weighted by Crippen LogP contribution is -2.59. The van der Waals surface area contributed by atoms with Crippen molar-refractivity contribution in [3.8, 4) is 0 Å². The lowest BCUT2D eigenvalue weighted by atomic mass is 9.90. The molecular formula is C50H99NO9. The van der Waals surface area contributed by atoms with Crippen molar-refractivity contribution >= 4 is 5.91 Å². The van der Waals surface area contributed by atoms with Crippen LogP contribution in [0.1, 0.15) is 245 Å².